The third-order valence-electron chi connectivity index (χ3n) is 2.79. The summed E-state index contributed by atoms with van der Waals surface area (Å²) >= 11 is 13.1. The van der Waals surface area contributed by atoms with E-state index in [1.165, 1.54) is 18.2 Å². The second kappa shape index (κ2) is 5.48. The molecule has 0 fully saturated rings. The van der Waals surface area contributed by atoms with Crippen molar-refractivity contribution in [2.75, 3.05) is 5.32 Å². The maximum absolute atomic E-state index is 12.2. The second-order valence-electron chi connectivity index (χ2n) is 4.18. The van der Waals surface area contributed by atoms with Gasteiger partial charge in [-0.1, -0.05) is 29.3 Å². The number of nitrogens with zero attached hydrogens (tertiary/aromatic N) is 2. The van der Waals surface area contributed by atoms with Crippen molar-refractivity contribution < 1.29 is 9.90 Å². The quantitative estimate of drug-likeness (QED) is 0.741. The number of benzene rings is 2. The number of aromatic hydroxyl groups is 1. The van der Waals surface area contributed by atoms with E-state index in [9.17, 15) is 9.90 Å². The van der Waals surface area contributed by atoms with Crippen LogP contribution in [-0.4, -0.2) is 19.8 Å². The molecule has 3 aromatic rings. The van der Waals surface area contributed by atoms with E-state index >= 15 is 0 Å². The molecule has 0 atom stereocenters. The number of rotatable bonds is 2. The zero-order chi connectivity index (χ0) is 15.0. The number of phenols is 1. The molecule has 1 aromatic heterocycles. The van der Waals surface area contributed by atoms with Crippen molar-refractivity contribution in [1.82, 2.24) is 8.75 Å². The number of amides is 1. The Morgan fingerprint density at radius 2 is 1.90 bits per heavy atom. The number of halogens is 2. The first-order valence-corrected chi connectivity index (χ1v) is 7.25. The molecule has 106 valence electrons. The van der Waals surface area contributed by atoms with Crippen LogP contribution in [0.4, 0.5) is 5.69 Å². The van der Waals surface area contributed by atoms with E-state index < -0.39 is 5.91 Å². The van der Waals surface area contributed by atoms with Crippen LogP contribution in [0.1, 0.15) is 10.4 Å². The van der Waals surface area contributed by atoms with Gasteiger partial charge < -0.3 is 10.4 Å². The predicted octanol–water partition coefficient (Wildman–Crippen LogP) is 3.96. The first kappa shape index (κ1) is 14.1. The smallest absolute Gasteiger partial charge is 0.255 e. The predicted molar refractivity (Wildman–Crippen MR) is 83.5 cm³/mol. The second-order valence-corrected chi connectivity index (χ2v) is 5.52. The van der Waals surface area contributed by atoms with Crippen LogP contribution in [0.15, 0.2) is 30.3 Å². The lowest BCUT2D eigenvalue weighted by Crippen LogP contribution is -2.12. The molecule has 3 rings (SSSR count). The molecule has 0 radical (unpaired) electrons. The molecule has 21 heavy (non-hydrogen) atoms. The first-order chi connectivity index (χ1) is 10.1. The van der Waals surface area contributed by atoms with E-state index in [2.05, 4.69) is 14.1 Å². The number of carbonyl (C=O) groups is 1. The van der Waals surface area contributed by atoms with Crippen LogP contribution >= 0.6 is 34.9 Å². The number of fused-ring (bicyclic) bond motifs is 1. The van der Waals surface area contributed by atoms with E-state index in [0.29, 0.717) is 27.3 Å². The SMILES string of the molecule is O=C(Nc1c(Cl)cc(Cl)c2nsnc12)c1cccc(O)c1. The highest BCUT2D eigenvalue weighted by atomic mass is 35.5. The number of carbonyl (C=O) groups excluding carboxylic acids is 1. The molecule has 2 N–H and O–H groups in total. The summed E-state index contributed by atoms with van der Waals surface area (Å²) in [5.41, 5.74) is 1.57. The highest BCUT2D eigenvalue weighted by Crippen LogP contribution is 2.35. The van der Waals surface area contributed by atoms with Gasteiger partial charge in [-0.2, -0.15) is 8.75 Å². The Kier molecular flexibility index (Phi) is 3.67. The molecule has 0 saturated heterocycles. The first-order valence-electron chi connectivity index (χ1n) is 5.77. The fraction of sp³-hybridized carbons (Fsp3) is 0. The number of anilines is 1. The minimum Gasteiger partial charge on any atom is -0.508 e. The van der Waals surface area contributed by atoms with E-state index in [-0.39, 0.29) is 10.8 Å². The minimum absolute atomic E-state index is 0.00493. The molecule has 0 saturated carbocycles. The zero-order valence-corrected chi connectivity index (χ0v) is 12.6. The summed E-state index contributed by atoms with van der Waals surface area (Å²) in [7, 11) is 0. The average Bonchev–Trinajstić information content (AvgIpc) is 2.93. The molecule has 1 amide bonds. The monoisotopic (exact) mass is 339 g/mol. The topological polar surface area (TPSA) is 75.1 Å². The standard InChI is InChI=1S/C13H7Cl2N3O2S/c14-8-5-9(15)11-12(18-21-17-11)10(8)16-13(20)6-2-1-3-7(19)4-6/h1-5,19H,(H,16,20). The number of nitrogens with one attached hydrogen (secondary N) is 1. The molecular formula is C13H7Cl2N3O2S. The van der Waals surface area contributed by atoms with Crippen LogP contribution in [0.3, 0.4) is 0 Å². The van der Waals surface area contributed by atoms with Gasteiger partial charge in [0.25, 0.3) is 5.91 Å². The van der Waals surface area contributed by atoms with E-state index in [1.807, 2.05) is 0 Å². The lowest BCUT2D eigenvalue weighted by Gasteiger charge is -2.08. The molecule has 0 aliphatic heterocycles. The van der Waals surface area contributed by atoms with Crippen LogP contribution in [-0.2, 0) is 0 Å². The Morgan fingerprint density at radius 3 is 2.67 bits per heavy atom. The summed E-state index contributed by atoms with van der Waals surface area (Å²) in [6.45, 7) is 0. The normalized spacial score (nSPS) is 10.8. The molecule has 0 unspecified atom stereocenters. The highest BCUT2D eigenvalue weighted by molar-refractivity contribution is 7.00. The van der Waals surface area contributed by atoms with Crippen molar-refractivity contribution >= 4 is 57.6 Å². The number of phenolic OH excluding ortho intramolecular Hbond substituents is 1. The molecule has 0 bridgehead atoms. The Labute approximate surface area is 133 Å². The fourth-order valence-corrected chi connectivity index (χ4v) is 2.99. The van der Waals surface area contributed by atoms with Crippen molar-refractivity contribution in [3.05, 3.63) is 45.9 Å². The van der Waals surface area contributed by atoms with E-state index in [1.54, 1.807) is 12.1 Å². The van der Waals surface area contributed by atoms with Crippen LogP contribution in [0.5, 0.6) is 5.75 Å². The van der Waals surface area contributed by atoms with Gasteiger partial charge in [0, 0.05) is 5.56 Å². The number of hydrogen-bond donors (Lipinski definition) is 2. The van der Waals surface area contributed by atoms with Gasteiger partial charge in [-0.3, -0.25) is 4.79 Å². The lowest BCUT2D eigenvalue weighted by atomic mass is 10.2. The van der Waals surface area contributed by atoms with E-state index in [4.69, 9.17) is 23.2 Å². The summed E-state index contributed by atoms with van der Waals surface area (Å²) in [5, 5.41) is 12.7. The molecule has 0 aliphatic rings. The largest absolute Gasteiger partial charge is 0.508 e. The Balaban J connectivity index is 2.02. The molecule has 2 aromatic carbocycles. The summed E-state index contributed by atoms with van der Waals surface area (Å²) < 4.78 is 8.16. The molecule has 0 aliphatic carbocycles. The maximum atomic E-state index is 12.2. The molecule has 5 nitrogen and oxygen atoms in total. The lowest BCUT2D eigenvalue weighted by molar-refractivity contribution is 0.102. The van der Waals surface area contributed by atoms with Crippen molar-refractivity contribution in [3.8, 4) is 5.75 Å². The van der Waals surface area contributed by atoms with Gasteiger partial charge in [-0.25, -0.2) is 0 Å². The number of hydrogen-bond acceptors (Lipinski definition) is 5. The summed E-state index contributed by atoms with van der Waals surface area (Å²) in [4.78, 5) is 12.2. The zero-order valence-electron chi connectivity index (χ0n) is 10.3. The van der Waals surface area contributed by atoms with Crippen LogP contribution in [0, 0.1) is 0 Å². The Hall–Kier alpha value is -1.89. The molecule has 1 heterocycles. The Morgan fingerprint density at radius 1 is 1.14 bits per heavy atom. The summed E-state index contributed by atoms with van der Waals surface area (Å²) in [6, 6.07) is 7.50. The van der Waals surface area contributed by atoms with Gasteiger partial charge in [0.1, 0.15) is 16.8 Å². The van der Waals surface area contributed by atoms with Gasteiger partial charge in [0.05, 0.1) is 27.5 Å². The van der Waals surface area contributed by atoms with Crippen LogP contribution in [0.25, 0.3) is 11.0 Å². The minimum atomic E-state index is -0.413. The van der Waals surface area contributed by atoms with Crippen LogP contribution in [0.2, 0.25) is 10.0 Å². The van der Waals surface area contributed by atoms with Gasteiger partial charge in [-0.05, 0) is 24.3 Å². The summed E-state index contributed by atoms with van der Waals surface area (Å²) in [5.74, 6) is -0.408. The molecule has 8 heteroatoms. The highest BCUT2D eigenvalue weighted by Gasteiger charge is 2.17. The molecule has 0 spiro atoms. The van der Waals surface area contributed by atoms with Gasteiger partial charge in [0.2, 0.25) is 0 Å². The number of aromatic nitrogens is 2. The van der Waals surface area contributed by atoms with Crippen molar-refractivity contribution in [2.24, 2.45) is 0 Å². The maximum Gasteiger partial charge on any atom is 0.255 e. The molecular weight excluding hydrogens is 333 g/mol. The van der Waals surface area contributed by atoms with Crippen LogP contribution < -0.4 is 5.32 Å². The van der Waals surface area contributed by atoms with Gasteiger partial charge in [0.15, 0.2) is 0 Å². The average molecular weight is 340 g/mol. The summed E-state index contributed by atoms with van der Waals surface area (Å²) in [6.07, 6.45) is 0. The van der Waals surface area contributed by atoms with Gasteiger partial charge in [-0.15, -0.1) is 0 Å². The third-order valence-corrected chi connectivity index (χ3v) is 3.91. The fourth-order valence-electron chi connectivity index (χ4n) is 1.83. The Bertz CT molecular complexity index is 851. The van der Waals surface area contributed by atoms with Crippen molar-refractivity contribution in [2.45, 2.75) is 0 Å². The van der Waals surface area contributed by atoms with Crippen molar-refractivity contribution in [3.63, 3.8) is 0 Å². The van der Waals surface area contributed by atoms with Gasteiger partial charge >= 0.3 is 0 Å². The van der Waals surface area contributed by atoms with E-state index in [0.717, 1.165) is 11.7 Å². The van der Waals surface area contributed by atoms with Crippen molar-refractivity contribution in [1.29, 1.82) is 0 Å². The third kappa shape index (κ3) is 2.65.